The van der Waals surface area contributed by atoms with Gasteiger partial charge in [0.1, 0.15) is 5.56 Å². The molecule has 22 heavy (non-hydrogen) atoms. The smallest absolute Gasteiger partial charge is 0.417 e. The number of carbonyl (C=O) groups excluding carboxylic acids is 1. The van der Waals surface area contributed by atoms with Gasteiger partial charge in [0.25, 0.3) is 0 Å². The summed E-state index contributed by atoms with van der Waals surface area (Å²) in [5.41, 5.74) is -0.447. The number of hydrogen-bond donors (Lipinski definition) is 3. The Morgan fingerprint density at radius 1 is 1.14 bits per heavy atom. The van der Waals surface area contributed by atoms with E-state index in [9.17, 15) is 14.7 Å². The molecule has 0 fully saturated rings. The van der Waals surface area contributed by atoms with Crippen molar-refractivity contribution in [3.8, 4) is 11.5 Å². The van der Waals surface area contributed by atoms with Gasteiger partial charge in [-0.1, -0.05) is 29.3 Å². The SMILES string of the molecule is O=C(Nc1cccc(C(=O)O)c1O)Oc1ccc(Cl)cc1Cl. The predicted octanol–water partition coefficient (Wildman–Crippen LogP) is 4.01. The molecule has 114 valence electrons. The Bertz CT molecular complexity index is 748. The van der Waals surface area contributed by atoms with Crippen LogP contribution in [0, 0.1) is 0 Å². The van der Waals surface area contributed by atoms with Crippen LogP contribution in [0.15, 0.2) is 36.4 Å². The summed E-state index contributed by atoms with van der Waals surface area (Å²) in [6.07, 6.45) is -0.943. The maximum absolute atomic E-state index is 11.8. The van der Waals surface area contributed by atoms with Crippen molar-refractivity contribution < 1.29 is 24.5 Å². The Labute approximate surface area is 134 Å². The lowest BCUT2D eigenvalue weighted by atomic mass is 10.2. The van der Waals surface area contributed by atoms with Crippen LogP contribution in [-0.4, -0.2) is 22.3 Å². The summed E-state index contributed by atoms with van der Waals surface area (Å²) in [5, 5.41) is 21.4. The first-order valence-corrected chi connectivity index (χ1v) is 6.63. The molecule has 0 bridgehead atoms. The van der Waals surface area contributed by atoms with Gasteiger partial charge in [-0.3, -0.25) is 5.32 Å². The fraction of sp³-hybridized carbons (Fsp3) is 0. The minimum absolute atomic E-state index is 0.0671. The third-order valence-corrected chi connectivity index (χ3v) is 3.13. The van der Waals surface area contributed by atoms with E-state index in [1.807, 2.05) is 0 Å². The van der Waals surface area contributed by atoms with E-state index in [0.29, 0.717) is 5.02 Å². The summed E-state index contributed by atoms with van der Waals surface area (Å²) in [6.45, 7) is 0. The summed E-state index contributed by atoms with van der Waals surface area (Å²) < 4.78 is 4.96. The maximum atomic E-state index is 11.8. The summed E-state index contributed by atoms with van der Waals surface area (Å²) >= 11 is 11.6. The zero-order valence-electron chi connectivity index (χ0n) is 10.8. The lowest BCUT2D eigenvalue weighted by Gasteiger charge is -2.10. The zero-order chi connectivity index (χ0) is 16.3. The fourth-order valence-electron chi connectivity index (χ4n) is 1.61. The third-order valence-electron chi connectivity index (χ3n) is 2.60. The van der Waals surface area contributed by atoms with Crippen molar-refractivity contribution in [2.75, 3.05) is 5.32 Å². The Hall–Kier alpha value is -2.44. The number of aromatic carboxylic acids is 1. The number of nitrogens with one attached hydrogen (secondary N) is 1. The molecule has 0 aliphatic heterocycles. The molecule has 2 aromatic rings. The van der Waals surface area contributed by atoms with E-state index in [0.717, 1.165) is 0 Å². The first kappa shape index (κ1) is 15.9. The number of hydrogen-bond acceptors (Lipinski definition) is 4. The van der Waals surface area contributed by atoms with Gasteiger partial charge in [-0.05, 0) is 30.3 Å². The monoisotopic (exact) mass is 341 g/mol. The topological polar surface area (TPSA) is 95.9 Å². The molecule has 0 atom stereocenters. The van der Waals surface area contributed by atoms with Crippen LogP contribution < -0.4 is 10.1 Å². The van der Waals surface area contributed by atoms with Crippen LogP contribution in [-0.2, 0) is 0 Å². The van der Waals surface area contributed by atoms with Gasteiger partial charge < -0.3 is 14.9 Å². The molecular formula is C14H9Cl2NO5. The highest BCUT2D eigenvalue weighted by Gasteiger charge is 2.16. The molecule has 0 aliphatic rings. The van der Waals surface area contributed by atoms with E-state index in [1.54, 1.807) is 0 Å². The number of rotatable bonds is 3. The summed E-state index contributed by atoms with van der Waals surface area (Å²) in [6, 6.07) is 8.18. The number of carboxylic acid groups (broad SMARTS) is 1. The number of anilines is 1. The molecule has 0 aliphatic carbocycles. The molecule has 2 aromatic carbocycles. The molecule has 0 saturated heterocycles. The van der Waals surface area contributed by atoms with Gasteiger partial charge in [-0.25, -0.2) is 9.59 Å². The van der Waals surface area contributed by atoms with Crippen LogP contribution in [0.25, 0.3) is 0 Å². The summed E-state index contributed by atoms with van der Waals surface area (Å²) in [4.78, 5) is 22.7. The second kappa shape index (κ2) is 6.55. The van der Waals surface area contributed by atoms with Crippen molar-refractivity contribution in [1.29, 1.82) is 0 Å². The molecule has 3 N–H and O–H groups in total. The predicted molar refractivity (Wildman–Crippen MR) is 81.2 cm³/mol. The minimum Gasteiger partial charge on any atom is -0.505 e. The summed E-state index contributed by atoms with van der Waals surface area (Å²) in [7, 11) is 0. The van der Waals surface area contributed by atoms with Crippen molar-refractivity contribution in [3.63, 3.8) is 0 Å². The first-order valence-electron chi connectivity index (χ1n) is 5.87. The number of aromatic hydroxyl groups is 1. The average Bonchev–Trinajstić information content (AvgIpc) is 2.44. The van der Waals surface area contributed by atoms with Gasteiger partial charge >= 0.3 is 12.1 Å². The van der Waals surface area contributed by atoms with Gasteiger partial charge in [0, 0.05) is 5.02 Å². The first-order chi connectivity index (χ1) is 10.4. The van der Waals surface area contributed by atoms with Gasteiger partial charge in [-0.15, -0.1) is 0 Å². The van der Waals surface area contributed by atoms with Crippen LogP contribution in [0.1, 0.15) is 10.4 Å². The third kappa shape index (κ3) is 3.60. The highest BCUT2D eigenvalue weighted by molar-refractivity contribution is 6.35. The number of para-hydroxylation sites is 1. The van der Waals surface area contributed by atoms with Crippen LogP contribution in [0.5, 0.6) is 11.5 Å². The Morgan fingerprint density at radius 2 is 1.86 bits per heavy atom. The molecular weight excluding hydrogens is 333 g/mol. The molecule has 0 saturated carbocycles. The quantitative estimate of drug-likeness (QED) is 0.733. The average molecular weight is 342 g/mol. The van der Waals surface area contributed by atoms with Crippen LogP contribution >= 0.6 is 23.2 Å². The highest BCUT2D eigenvalue weighted by atomic mass is 35.5. The van der Waals surface area contributed by atoms with E-state index in [2.05, 4.69) is 5.32 Å². The van der Waals surface area contributed by atoms with E-state index < -0.39 is 17.8 Å². The fourth-order valence-corrected chi connectivity index (χ4v) is 2.06. The summed E-state index contributed by atoms with van der Waals surface area (Å²) in [5.74, 6) is -1.83. The molecule has 2 rings (SSSR count). The van der Waals surface area contributed by atoms with Crippen LogP contribution in [0.2, 0.25) is 10.0 Å². The number of halogens is 2. The molecule has 6 nitrogen and oxygen atoms in total. The number of benzene rings is 2. The Balaban J connectivity index is 2.16. The minimum atomic E-state index is -1.32. The Morgan fingerprint density at radius 3 is 2.50 bits per heavy atom. The number of phenols is 1. The van der Waals surface area contributed by atoms with Gasteiger partial charge in [0.05, 0.1) is 10.7 Å². The maximum Gasteiger partial charge on any atom is 0.417 e. The van der Waals surface area contributed by atoms with Crippen molar-refractivity contribution in [1.82, 2.24) is 0 Å². The van der Waals surface area contributed by atoms with E-state index in [4.69, 9.17) is 33.0 Å². The zero-order valence-corrected chi connectivity index (χ0v) is 12.4. The van der Waals surface area contributed by atoms with Crippen molar-refractivity contribution >= 4 is 41.0 Å². The van der Waals surface area contributed by atoms with E-state index >= 15 is 0 Å². The van der Waals surface area contributed by atoms with Crippen LogP contribution in [0.4, 0.5) is 10.5 Å². The lowest BCUT2D eigenvalue weighted by Crippen LogP contribution is -2.17. The molecule has 0 unspecified atom stereocenters. The number of carbonyl (C=O) groups is 2. The van der Waals surface area contributed by atoms with E-state index in [-0.39, 0.29) is 22.0 Å². The number of ether oxygens (including phenoxy) is 1. The van der Waals surface area contributed by atoms with Gasteiger partial charge in [-0.2, -0.15) is 0 Å². The van der Waals surface area contributed by atoms with E-state index in [1.165, 1.54) is 36.4 Å². The molecule has 0 radical (unpaired) electrons. The van der Waals surface area contributed by atoms with Crippen molar-refractivity contribution in [2.45, 2.75) is 0 Å². The second-order valence-corrected chi connectivity index (χ2v) is 4.94. The number of carboxylic acids is 1. The second-order valence-electron chi connectivity index (χ2n) is 4.10. The van der Waals surface area contributed by atoms with Crippen molar-refractivity contribution in [2.24, 2.45) is 0 Å². The normalized spacial score (nSPS) is 10.1. The van der Waals surface area contributed by atoms with Gasteiger partial charge in [0.15, 0.2) is 11.5 Å². The van der Waals surface area contributed by atoms with Crippen molar-refractivity contribution in [3.05, 3.63) is 52.0 Å². The molecule has 0 spiro atoms. The highest BCUT2D eigenvalue weighted by Crippen LogP contribution is 2.30. The van der Waals surface area contributed by atoms with Gasteiger partial charge in [0.2, 0.25) is 0 Å². The molecule has 1 amide bonds. The molecule has 0 heterocycles. The molecule has 0 aromatic heterocycles. The Kier molecular flexibility index (Phi) is 4.75. The number of amides is 1. The largest absolute Gasteiger partial charge is 0.505 e. The standard InChI is InChI=1S/C14H9Cl2NO5/c15-7-4-5-11(9(16)6-7)22-14(21)17-10-3-1-2-8(12(10)18)13(19)20/h1-6,18H,(H,17,21)(H,19,20). The molecule has 8 heteroatoms. The lowest BCUT2D eigenvalue weighted by molar-refractivity contribution is 0.0693. The van der Waals surface area contributed by atoms with Crippen LogP contribution in [0.3, 0.4) is 0 Å².